The van der Waals surface area contributed by atoms with Crippen molar-refractivity contribution in [2.24, 2.45) is 0 Å². The van der Waals surface area contributed by atoms with Gasteiger partial charge in [0.05, 0.1) is 11.4 Å². The third-order valence-corrected chi connectivity index (χ3v) is 5.92. The monoisotopic (exact) mass is 589 g/mol. The summed E-state index contributed by atoms with van der Waals surface area (Å²) in [5.74, 6) is 0. The summed E-state index contributed by atoms with van der Waals surface area (Å²) >= 11 is 13.8. The quantitative estimate of drug-likeness (QED) is 0.271. The third kappa shape index (κ3) is 5.48. The number of nitrogens with two attached hydrogens (primary N) is 3. The van der Waals surface area contributed by atoms with Crippen molar-refractivity contribution < 1.29 is 0 Å². The van der Waals surface area contributed by atoms with Crippen LogP contribution in [0.5, 0.6) is 0 Å². The average molecular weight is 593 g/mol. The average Bonchev–Trinajstić information content (AvgIpc) is 2.58. The Morgan fingerprint density at radius 1 is 0.520 bits per heavy atom. The van der Waals surface area contributed by atoms with Crippen molar-refractivity contribution in [2.75, 3.05) is 17.2 Å². The second-order valence-corrected chi connectivity index (χ2v) is 8.54. The molecule has 0 spiro atoms. The molecule has 25 heavy (non-hydrogen) atoms. The van der Waals surface area contributed by atoms with Crippen molar-refractivity contribution in [1.29, 1.82) is 0 Å². The highest BCUT2D eigenvalue weighted by Crippen LogP contribution is 2.38. The van der Waals surface area contributed by atoms with Gasteiger partial charge in [0, 0.05) is 23.6 Å². The fourth-order valence-electron chi connectivity index (χ4n) is 1.95. The molecule has 0 atom stereocenters. The molecule has 3 rings (SSSR count). The van der Waals surface area contributed by atoms with E-state index >= 15 is 0 Å². The Morgan fingerprint density at radius 2 is 0.840 bits per heavy atom. The van der Waals surface area contributed by atoms with Gasteiger partial charge in [-0.25, -0.2) is 0 Å². The maximum Gasteiger partial charge on any atom is 0.0603 e. The van der Waals surface area contributed by atoms with Crippen molar-refractivity contribution in [2.45, 2.75) is 0 Å². The van der Waals surface area contributed by atoms with Gasteiger partial charge in [-0.05, 0) is 111 Å². The minimum absolute atomic E-state index is 0.687. The van der Waals surface area contributed by atoms with E-state index in [2.05, 4.69) is 63.7 Å². The lowest BCUT2D eigenvalue weighted by molar-refractivity contribution is 1.52. The minimum atomic E-state index is 0.687. The van der Waals surface area contributed by atoms with Crippen LogP contribution in [0.3, 0.4) is 0 Å². The predicted octanol–water partition coefficient (Wildman–Crippen LogP) is 6.84. The summed E-state index contributed by atoms with van der Waals surface area (Å²) < 4.78 is 3.43. The highest BCUT2D eigenvalue weighted by atomic mass is 79.9. The third-order valence-electron chi connectivity index (χ3n) is 3.29. The molecule has 3 nitrogen and oxygen atoms in total. The number of rotatable bonds is 1. The Kier molecular flexibility index (Phi) is 7.37. The molecule has 0 radical (unpaired) electrons. The van der Waals surface area contributed by atoms with Gasteiger partial charge in [0.2, 0.25) is 0 Å². The molecule has 0 aromatic heterocycles. The molecule has 0 saturated heterocycles. The molecular formula is C18H15Br4N3. The topological polar surface area (TPSA) is 78.1 Å². The fraction of sp³-hybridized carbons (Fsp3) is 0. The number of anilines is 3. The first-order chi connectivity index (χ1) is 11.8. The number of hydrogen-bond donors (Lipinski definition) is 3. The molecule has 0 aliphatic rings. The summed E-state index contributed by atoms with van der Waals surface area (Å²) in [6, 6.07) is 17.4. The van der Waals surface area contributed by atoms with Gasteiger partial charge in [0.1, 0.15) is 0 Å². The van der Waals surface area contributed by atoms with Crippen LogP contribution in [0.25, 0.3) is 11.1 Å². The predicted molar refractivity (Wildman–Crippen MR) is 122 cm³/mol. The molecule has 6 N–H and O–H groups in total. The van der Waals surface area contributed by atoms with E-state index in [-0.39, 0.29) is 0 Å². The van der Waals surface area contributed by atoms with Crippen molar-refractivity contribution in [3.63, 3.8) is 0 Å². The first-order valence-electron chi connectivity index (χ1n) is 7.09. The summed E-state index contributed by atoms with van der Waals surface area (Å²) in [4.78, 5) is 0. The molecule has 0 amide bonds. The van der Waals surface area contributed by atoms with Gasteiger partial charge in [0.25, 0.3) is 0 Å². The van der Waals surface area contributed by atoms with Gasteiger partial charge in [-0.1, -0.05) is 18.2 Å². The molecule has 0 aliphatic heterocycles. The number of benzene rings is 3. The van der Waals surface area contributed by atoms with Crippen LogP contribution >= 0.6 is 63.7 Å². The molecule has 0 fully saturated rings. The lowest BCUT2D eigenvalue weighted by Gasteiger charge is -2.10. The highest BCUT2D eigenvalue weighted by Gasteiger charge is 2.09. The van der Waals surface area contributed by atoms with Crippen LogP contribution in [0, 0.1) is 0 Å². The Bertz CT molecular complexity index is 781. The van der Waals surface area contributed by atoms with E-state index in [1.54, 1.807) is 0 Å². The maximum absolute atomic E-state index is 5.88. The number of para-hydroxylation sites is 1. The minimum Gasteiger partial charge on any atom is -0.399 e. The van der Waals surface area contributed by atoms with Gasteiger partial charge < -0.3 is 17.2 Å². The summed E-state index contributed by atoms with van der Waals surface area (Å²) in [6.07, 6.45) is 0. The summed E-state index contributed by atoms with van der Waals surface area (Å²) in [5.41, 5.74) is 21.4. The van der Waals surface area contributed by atoms with Crippen LogP contribution in [0.4, 0.5) is 17.1 Å². The van der Waals surface area contributed by atoms with E-state index in [1.165, 1.54) is 0 Å². The van der Waals surface area contributed by atoms with E-state index in [4.69, 9.17) is 17.2 Å². The van der Waals surface area contributed by atoms with E-state index in [0.29, 0.717) is 11.4 Å². The van der Waals surface area contributed by atoms with Gasteiger partial charge >= 0.3 is 0 Å². The highest BCUT2D eigenvalue weighted by molar-refractivity contribution is 9.11. The first kappa shape index (κ1) is 20.3. The molecular weight excluding hydrogens is 578 g/mol. The van der Waals surface area contributed by atoms with Gasteiger partial charge in [-0.15, -0.1) is 0 Å². The zero-order chi connectivity index (χ0) is 18.6. The Hall–Kier alpha value is -1.02. The molecule has 3 aromatic carbocycles. The van der Waals surface area contributed by atoms with Crippen LogP contribution in [-0.2, 0) is 0 Å². The molecule has 130 valence electrons. The fourth-order valence-corrected chi connectivity index (χ4v) is 4.33. The molecule has 0 heterocycles. The number of halogens is 4. The molecule has 3 aromatic rings. The Balaban J connectivity index is 0.000000269. The molecule has 0 bridgehead atoms. The summed E-state index contributed by atoms with van der Waals surface area (Å²) in [6.45, 7) is 0. The molecule has 0 unspecified atom stereocenters. The van der Waals surface area contributed by atoms with Gasteiger partial charge in [-0.3, -0.25) is 0 Å². The Morgan fingerprint density at radius 3 is 1.08 bits per heavy atom. The van der Waals surface area contributed by atoms with Crippen molar-refractivity contribution in [1.82, 2.24) is 0 Å². The standard InChI is InChI=1S/C12H8Br4N2.C6H7N/c13-7-1-5(2-8(14)11(7)17)6-3-9(15)12(18)10(16)4-6;7-6-4-2-1-3-5-6/h1-4H,17-18H2;1-5H,7H2. The Labute approximate surface area is 180 Å². The van der Waals surface area contributed by atoms with Gasteiger partial charge in [-0.2, -0.15) is 0 Å². The normalized spacial score (nSPS) is 10.1. The van der Waals surface area contributed by atoms with Crippen LogP contribution in [0.15, 0.2) is 72.5 Å². The van der Waals surface area contributed by atoms with Crippen LogP contribution < -0.4 is 17.2 Å². The first-order valence-corrected chi connectivity index (χ1v) is 10.3. The second kappa shape index (κ2) is 9.07. The van der Waals surface area contributed by atoms with Crippen LogP contribution in [0.2, 0.25) is 0 Å². The number of hydrogen-bond acceptors (Lipinski definition) is 3. The zero-order valence-corrected chi connectivity index (χ0v) is 19.3. The summed E-state index contributed by atoms with van der Waals surface area (Å²) in [5, 5.41) is 0. The van der Waals surface area contributed by atoms with Crippen molar-refractivity contribution in [3.05, 3.63) is 72.5 Å². The number of nitrogen functional groups attached to an aromatic ring is 3. The largest absolute Gasteiger partial charge is 0.399 e. The molecule has 7 heteroatoms. The van der Waals surface area contributed by atoms with Crippen molar-refractivity contribution in [3.8, 4) is 11.1 Å². The smallest absolute Gasteiger partial charge is 0.0603 e. The van der Waals surface area contributed by atoms with Gasteiger partial charge in [0.15, 0.2) is 0 Å². The van der Waals surface area contributed by atoms with Crippen LogP contribution in [-0.4, -0.2) is 0 Å². The molecule has 0 aliphatic carbocycles. The lowest BCUT2D eigenvalue weighted by atomic mass is 10.1. The van der Waals surface area contributed by atoms with Crippen LogP contribution in [0.1, 0.15) is 0 Å². The van der Waals surface area contributed by atoms with E-state index in [0.717, 1.165) is 34.7 Å². The lowest BCUT2D eigenvalue weighted by Crippen LogP contribution is -1.92. The van der Waals surface area contributed by atoms with E-state index < -0.39 is 0 Å². The maximum atomic E-state index is 5.88. The molecule has 0 saturated carbocycles. The van der Waals surface area contributed by atoms with E-state index in [9.17, 15) is 0 Å². The van der Waals surface area contributed by atoms with Crippen molar-refractivity contribution >= 4 is 80.8 Å². The zero-order valence-electron chi connectivity index (χ0n) is 12.9. The SMILES string of the molecule is Nc1c(Br)cc(-c2cc(Br)c(N)c(Br)c2)cc1Br.Nc1ccccc1. The van der Waals surface area contributed by atoms with E-state index in [1.807, 2.05) is 54.6 Å². The summed E-state index contributed by atoms with van der Waals surface area (Å²) in [7, 11) is 0. The second-order valence-electron chi connectivity index (χ2n) is 5.12.